The monoisotopic (exact) mass is 409 g/mol. The van der Waals surface area contributed by atoms with Gasteiger partial charge in [-0.25, -0.2) is 0 Å². The van der Waals surface area contributed by atoms with Gasteiger partial charge in [0.15, 0.2) is 0 Å². The van der Waals surface area contributed by atoms with Gasteiger partial charge in [-0.1, -0.05) is 32.4 Å². The molecule has 2 atom stereocenters. The van der Waals surface area contributed by atoms with E-state index in [4.69, 9.17) is 10.5 Å². The molecule has 156 valence electrons. The number of ether oxygens (including phenoxy) is 1. The van der Waals surface area contributed by atoms with Gasteiger partial charge < -0.3 is 21.1 Å². The predicted molar refractivity (Wildman–Crippen MR) is 112 cm³/mol. The van der Waals surface area contributed by atoms with Crippen molar-refractivity contribution in [2.45, 2.75) is 64.6 Å². The molecular formula is C21H32ClN3O3. The molecule has 0 radical (unpaired) electrons. The molecule has 1 aromatic rings. The second-order valence-corrected chi connectivity index (χ2v) is 8.34. The van der Waals surface area contributed by atoms with Crippen LogP contribution in [0.25, 0.3) is 0 Å². The number of hydrogen-bond acceptors (Lipinski definition) is 4. The summed E-state index contributed by atoms with van der Waals surface area (Å²) in [6.07, 6.45) is 3.60. The average Bonchev–Trinajstić information content (AvgIpc) is 2.58. The Balaban J connectivity index is 0.00000280. The zero-order valence-electron chi connectivity index (χ0n) is 16.9. The molecular weight excluding hydrogens is 378 g/mol. The Morgan fingerprint density at radius 1 is 1.29 bits per heavy atom. The third kappa shape index (κ3) is 4.19. The summed E-state index contributed by atoms with van der Waals surface area (Å²) < 4.78 is 5.69. The first-order chi connectivity index (χ1) is 12.8. The molecule has 0 spiro atoms. The number of halogens is 1. The fraction of sp³-hybridized carbons (Fsp3) is 0.619. The Kier molecular flexibility index (Phi) is 7.12. The first-order valence-electron chi connectivity index (χ1n) is 9.86. The van der Waals surface area contributed by atoms with Crippen molar-refractivity contribution in [3.63, 3.8) is 0 Å². The maximum Gasteiger partial charge on any atom is 0.241 e. The Labute approximate surface area is 173 Å². The second kappa shape index (κ2) is 8.80. The number of amides is 2. The van der Waals surface area contributed by atoms with Gasteiger partial charge >= 0.3 is 0 Å². The van der Waals surface area contributed by atoms with Crippen LogP contribution in [-0.4, -0.2) is 30.1 Å². The lowest BCUT2D eigenvalue weighted by molar-refractivity contribution is -0.170. The van der Waals surface area contributed by atoms with Gasteiger partial charge in [0.25, 0.3) is 0 Å². The van der Waals surface area contributed by atoms with Crippen molar-refractivity contribution in [1.29, 1.82) is 0 Å². The maximum atomic E-state index is 12.7. The largest absolute Gasteiger partial charge is 0.378 e. The molecule has 2 amide bonds. The van der Waals surface area contributed by atoms with Crippen LogP contribution in [0.15, 0.2) is 24.3 Å². The van der Waals surface area contributed by atoms with Crippen LogP contribution in [0.4, 0.5) is 5.69 Å². The number of nitrogens with one attached hydrogen (secondary N) is 2. The molecule has 1 aromatic carbocycles. The van der Waals surface area contributed by atoms with Crippen molar-refractivity contribution in [3.05, 3.63) is 29.8 Å². The molecule has 0 heterocycles. The molecule has 2 saturated carbocycles. The van der Waals surface area contributed by atoms with Crippen molar-refractivity contribution in [2.75, 3.05) is 11.9 Å². The first kappa shape index (κ1) is 22.7. The second-order valence-electron chi connectivity index (χ2n) is 8.34. The molecule has 6 nitrogen and oxygen atoms in total. The van der Waals surface area contributed by atoms with Gasteiger partial charge in [-0.15, -0.1) is 12.4 Å². The van der Waals surface area contributed by atoms with E-state index in [9.17, 15) is 9.59 Å². The van der Waals surface area contributed by atoms with E-state index < -0.39 is 11.0 Å². The van der Waals surface area contributed by atoms with Crippen LogP contribution in [-0.2, 0) is 20.9 Å². The molecule has 0 saturated heterocycles. The normalized spacial score (nSPS) is 25.6. The summed E-state index contributed by atoms with van der Waals surface area (Å²) in [5.74, 6) is 0.0680. The summed E-state index contributed by atoms with van der Waals surface area (Å²) in [5.41, 5.74) is 6.76. The Bertz CT molecular complexity index is 721. The van der Waals surface area contributed by atoms with Gasteiger partial charge in [0.05, 0.1) is 6.10 Å². The summed E-state index contributed by atoms with van der Waals surface area (Å²) in [6.45, 7) is 6.90. The summed E-state index contributed by atoms with van der Waals surface area (Å²) in [7, 11) is 0. The molecule has 2 aliphatic carbocycles. The van der Waals surface area contributed by atoms with E-state index in [1.165, 1.54) is 0 Å². The highest BCUT2D eigenvalue weighted by atomic mass is 35.5. The van der Waals surface area contributed by atoms with Crippen LogP contribution in [0.5, 0.6) is 0 Å². The third-order valence-electron chi connectivity index (χ3n) is 6.36. The maximum absolute atomic E-state index is 12.7. The molecule has 7 heteroatoms. The number of rotatable bonds is 7. The lowest BCUT2D eigenvalue weighted by Crippen LogP contribution is -2.75. The molecule has 2 unspecified atom stereocenters. The summed E-state index contributed by atoms with van der Waals surface area (Å²) in [5, 5.41) is 5.92. The van der Waals surface area contributed by atoms with E-state index in [2.05, 4.69) is 10.6 Å². The molecule has 4 N–H and O–H groups in total. The summed E-state index contributed by atoms with van der Waals surface area (Å²) in [6, 6.07) is 7.58. The van der Waals surface area contributed by atoms with Gasteiger partial charge in [-0.2, -0.15) is 0 Å². The molecule has 3 rings (SSSR count). The number of anilines is 1. The lowest BCUT2D eigenvalue weighted by atomic mass is 9.54. The lowest BCUT2D eigenvalue weighted by Gasteiger charge is -2.57. The highest BCUT2D eigenvalue weighted by Crippen LogP contribution is 2.49. The zero-order chi connectivity index (χ0) is 19.7. The molecule has 2 fully saturated rings. The Hall–Kier alpha value is -1.63. The highest BCUT2D eigenvalue weighted by Gasteiger charge is 2.62. The van der Waals surface area contributed by atoms with Crippen molar-refractivity contribution >= 4 is 29.9 Å². The van der Waals surface area contributed by atoms with Crippen molar-refractivity contribution in [3.8, 4) is 0 Å². The fourth-order valence-electron chi connectivity index (χ4n) is 3.83. The van der Waals surface area contributed by atoms with Gasteiger partial charge in [0.2, 0.25) is 11.8 Å². The van der Waals surface area contributed by atoms with Crippen LogP contribution in [0.3, 0.4) is 0 Å². The number of nitrogens with two attached hydrogens (primary N) is 1. The van der Waals surface area contributed by atoms with Crippen molar-refractivity contribution in [2.24, 2.45) is 17.1 Å². The minimum absolute atomic E-state index is 0. The first-order valence-corrected chi connectivity index (χ1v) is 9.86. The molecule has 0 bridgehead atoms. The number of carbonyl (C=O) groups is 2. The van der Waals surface area contributed by atoms with Crippen molar-refractivity contribution in [1.82, 2.24) is 5.32 Å². The van der Waals surface area contributed by atoms with Gasteiger partial charge in [-0.3, -0.25) is 9.59 Å². The number of benzene rings is 1. The topological polar surface area (TPSA) is 93.4 Å². The van der Waals surface area contributed by atoms with Gasteiger partial charge in [-0.05, 0) is 37.5 Å². The molecule has 0 aliphatic heterocycles. The zero-order valence-corrected chi connectivity index (χ0v) is 17.7. The third-order valence-corrected chi connectivity index (χ3v) is 6.36. The minimum atomic E-state index is -0.928. The fourth-order valence-corrected chi connectivity index (χ4v) is 3.83. The van der Waals surface area contributed by atoms with Crippen LogP contribution in [0.1, 0.15) is 52.0 Å². The smallest absolute Gasteiger partial charge is 0.241 e. The SMILES string of the molecule is CCOC1CC(N)(C(=O)NCc2cccc(NC(=O)C3CCC3)c2)C1(C)C.Cl. The van der Waals surface area contributed by atoms with Crippen LogP contribution < -0.4 is 16.4 Å². The van der Waals surface area contributed by atoms with E-state index in [0.29, 0.717) is 19.6 Å². The van der Waals surface area contributed by atoms with E-state index in [1.54, 1.807) is 0 Å². The van der Waals surface area contributed by atoms with E-state index in [0.717, 1.165) is 30.5 Å². The Morgan fingerprint density at radius 3 is 2.57 bits per heavy atom. The summed E-state index contributed by atoms with van der Waals surface area (Å²) in [4.78, 5) is 24.8. The molecule has 2 aliphatic rings. The Morgan fingerprint density at radius 2 is 2.00 bits per heavy atom. The molecule has 0 aromatic heterocycles. The summed E-state index contributed by atoms with van der Waals surface area (Å²) >= 11 is 0. The van der Waals surface area contributed by atoms with E-state index >= 15 is 0 Å². The van der Waals surface area contributed by atoms with E-state index in [1.807, 2.05) is 45.0 Å². The van der Waals surface area contributed by atoms with Crippen LogP contribution in [0.2, 0.25) is 0 Å². The van der Waals surface area contributed by atoms with E-state index in [-0.39, 0.29) is 36.2 Å². The minimum Gasteiger partial charge on any atom is -0.378 e. The quantitative estimate of drug-likeness (QED) is 0.645. The standard InChI is InChI=1S/C21H31N3O3.ClH/c1-4-27-17-12-21(22,20(17,2)3)19(26)23-13-14-7-5-10-16(11-14)24-18(25)15-8-6-9-15;/h5,7,10-11,15,17H,4,6,8-9,12-13,22H2,1-3H3,(H,23,26)(H,24,25);1H. The van der Waals surface area contributed by atoms with Crippen LogP contribution in [0, 0.1) is 11.3 Å². The average molecular weight is 410 g/mol. The van der Waals surface area contributed by atoms with Gasteiger partial charge in [0.1, 0.15) is 5.54 Å². The number of hydrogen-bond donors (Lipinski definition) is 3. The van der Waals surface area contributed by atoms with Gasteiger partial charge in [0, 0.05) is 36.6 Å². The molecule has 28 heavy (non-hydrogen) atoms. The van der Waals surface area contributed by atoms with Crippen LogP contribution >= 0.6 is 12.4 Å². The highest BCUT2D eigenvalue weighted by molar-refractivity contribution is 5.93. The van der Waals surface area contributed by atoms with Crippen molar-refractivity contribution < 1.29 is 14.3 Å². The predicted octanol–water partition coefficient (Wildman–Crippen LogP) is 3.00. The number of carbonyl (C=O) groups excluding carboxylic acids is 2.